The number of aromatic nitrogens is 1. The molecule has 2 heterocycles. The van der Waals surface area contributed by atoms with E-state index in [2.05, 4.69) is 4.98 Å². The van der Waals surface area contributed by atoms with Crippen LogP contribution in [0.4, 0.5) is 0 Å². The normalized spacial score (nSPS) is 21.4. The van der Waals surface area contributed by atoms with Gasteiger partial charge in [0.05, 0.1) is 29.3 Å². The summed E-state index contributed by atoms with van der Waals surface area (Å²) in [6.45, 7) is 1.83. The third-order valence-corrected chi connectivity index (χ3v) is 6.15. The van der Waals surface area contributed by atoms with Crippen molar-refractivity contribution in [1.29, 1.82) is 0 Å². The molecule has 1 atom stereocenters. The van der Waals surface area contributed by atoms with Crippen LogP contribution in [0.2, 0.25) is 5.02 Å². The molecule has 7 heteroatoms. The fourth-order valence-electron chi connectivity index (χ4n) is 4.54. The number of aliphatic hydroxyl groups excluding tert-OH is 1. The summed E-state index contributed by atoms with van der Waals surface area (Å²) in [5.74, 6) is -1.29. The van der Waals surface area contributed by atoms with Gasteiger partial charge in [-0.1, -0.05) is 24.4 Å². The number of likely N-dealkylation sites (tertiary alicyclic amines) is 1. The van der Waals surface area contributed by atoms with Gasteiger partial charge in [-0.3, -0.25) is 14.6 Å². The molecular formula is C23H23ClN2O4. The number of pyridine rings is 1. The predicted octanol–water partition coefficient (Wildman–Crippen LogP) is 4.42. The van der Waals surface area contributed by atoms with Gasteiger partial charge >= 0.3 is 0 Å². The molecule has 4 rings (SSSR count). The van der Waals surface area contributed by atoms with E-state index in [0.29, 0.717) is 10.6 Å². The summed E-state index contributed by atoms with van der Waals surface area (Å²) in [5.41, 5.74) is 1.88. The van der Waals surface area contributed by atoms with E-state index in [-0.39, 0.29) is 23.1 Å². The Morgan fingerprint density at radius 1 is 1.20 bits per heavy atom. The zero-order valence-electron chi connectivity index (χ0n) is 16.9. The maximum atomic E-state index is 13.1. The minimum Gasteiger partial charge on any atom is -0.507 e. The largest absolute Gasteiger partial charge is 0.507 e. The summed E-state index contributed by atoms with van der Waals surface area (Å²) < 4.78 is 5.40. The number of hydrogen-bond acceptors (Lipinski definition) is 5. The van der Waals surface area contributed by atoms with Gasteiger partial charge < -0.3 is 14.7 Å². The first-order valence-electron chi connectivity index (χ1n) is 9.98. The second kappa shape index (κ2) is 8.11. The van der Waals surface area contributed by atoms with Crippen molar-refractivity contribution >= 4 is 29.1 Å². The lowest BCUT2D eigenvalue weighted by Gasteiger charge is -2.30. The summed E-state index contributed by atoms with van der Waals surface area (Å²) in [7, 11) is 1.45. The second-order valence-electron chi connectivity index (χ2n) is 7.75. The number of rotatable bonds is 4. The SMILES string of the molecule is COc1c(Cl)cc(C)cc1/C(O)=C1\C(=O)C(=O)N(C2CCCC2)C1c1ccncc1. The number of aliphatic hydroxyl groups is 1. The van der Waals surface area contributed by atoms with Gasteiger partial charge in [0.2, 0.25) is 0 Å². The van der Waals surface area contributed by atoms with Crippen molar-refractivity contribution < 1.29 is 19.4 Å². The van der Waals surface area contributed by atoms with Gasteiger partial charge in [0.1, 0.15) is 11.5 Å². The average Bonchev–Trinajstić information content (AvgIpc) is 3.35. The number of halogens is 1. The smallest absolute Gasteiger partial charge is 0.295 e. The van der Waals surface area contributed by atoms with Gasteiger partial charge in [0, 0.05) is 18.4 Å². The second-order valence-corrected chi connectivity index (χ2v) is 8.16. The summed E-state index contributed by atoms with van der Waals surface area (Å²) in [4.78, 5) is 31.9. The Labute approximate surface area is 180 Å². The molecule has 1 aliphatic heterocycles. The fourth-order valence-corrected chi connectivity index (χ4v) is 4.89. The molecule has 6 nitrogen and oxygen atoms in total. The van der Waals surface area contributed by atoms with Crippen molar-refractivity contribution in [3.8, 4) is 5.75 Å². The lowest BCUT2D eigenvalue weighted by molar-refractivity contribution is -0.141. The molecule has 156 valence electrons. The minimum absolute atomic E-state index is 0.0343. The van der Waals surface area contributed by atoms with Gasteiger partial charge in [-0.2, -0.15) is 0 Å². The molecular weight excluding hydrogens is 404 g/mol. The Bertz CT molecular complexity index is 1030. The number of methoxy groups -OCH3 is 1. The minimum atomic E-state index is -0.694. The molecule has 1 N–H and O–H groups in total. The van der Waals surface area contributed by atoms with Gasteiger partial charge in [0.15, 0.2) is 0 Å². The molecule has 1 saturated carbocycles. The van der Waals surface area contributed by atoms with Crippen LogP contribution in [-0.4, -0.2) is 39.8 Å². The maximum absolute atomic E-state index is 13.1. The number of hydrogen-bond donors (Lipinski definition) is 1. The van der Waals surface area contributed by atoms with Crippen molar-refractivity contribution in [2.75, 3.05) is 7.11 Å². The molecule has 1 amide bonds. The van der Waals surface area contributed by atoms with Crippen molar-refractivity contribution in [3.63, 3.8) is 0 Å². The fraction of sp³-hybridized carbons (Fsp3) is 0.348. The molecule has 2 fully saturated rings. The highest BCUT2D eigenvalue weighted by Crippen LogP contribution is 2.45. The van der Waals surface area contributed by atoms with Crippen LogP contribution in [0.15, 0.2) is 42.2 Å². The standard InChI is InChI=1S/C23H23ClN2O4/c1-13-11-16(22(30-2)17(24)12-13)20(27)18-19(14-7-9-25-10-8-14)26(23(29)21(18)28)15-5-3-4-6-15/h7-12,15,19,27H,3-6H2,1-2H3/b20-18+. The van der Waals surface area contributed by atoms with E-state index in [1.807, 2.05) is 6.92 Å². The zero-order valence-corrected chi connectivity index (χ0v) is 17.6. The van der Waals surface area contributed by atoms with Crippen LogP contribution in [0.1, 0.15) is 48.4 Å². The van der Waals surface area contributed by atoms with Gasteiger partial charge in [0.25, 0.3) is 11.7 Å². The Hall–Kier alpha value is -2.86. The van der Waals surface area contributed by atoms with Gasteiger partial charge in [-0.05, 0) is 55.2 Å². The van der Waals surface area contributed by atoms with Crippen LogP contribution in [0.25, 0.3) is 5.76 Å². The molecule has 2 aromatic rings. The molecule has 1 aliphatic carbocycles. The highest BCUT2D eigenvalue weighted by Gasteiger charge is 2.49. The zero-order chi connectivity index (χ0) is 21.4. The molecule has 1 saturated heterocycles. The highest BCUT2D eigenvalue weighted by molar-refractivity contribution is 6.46. The lowest BCUT2D eigenvalue weighted by atomic mass is 9.94. The topological polar surface area (TPSA) is 79.7 Å². The highest BCUT2D eigenvalue weighted by atomic mass is 35.5. The van der Waals surface area contributed by atoms with Crippen LogP contribution in [0.5, 0.6) is 5.75 Å². The summed E-state index contributed by atoms with van der Waals surface area (Å²) in [6, 6.07) is 6.24. The van der Waals surface area contributed by atoms with Crippen LogP contribution in [0, 0.1) is 6.92 Å². The molecule has 1 aromatic heterocycles. The first-order valence-corrected chi connectivity index (χ1v) is 10.4. The molecule has 0 spiro atoms. The van der Waals surface area contributed by atoms with Gasteiger partial charge in [-0.25, -0.2) is 0 Å². The molecule has 1 aromatic carbocycles. The van der Waals surface area contributed by atoms with E-state index < -0.39 is 17.7 Å². The Kier molecular flexibility index (Phi) is 5.52. The summed E-state index contributed by atoms with van der Waals surface area (Å²) >= 11 is 6.31. The van der Waals surface area contributed by atoms with E-state index in [4.69, 9.17) is 16.3 Å². The molecule has 0 radical (unpaired) electrons. The molecule has 30 heavy (non-hydrogen) atoms. The van der Waals surface area contributed by atoms with E-state index >= 15 is 0 Å². The van der Waals surface area contributed by atoms with Crippen LogP contribution >= 0.6 is 11.6 Å². The first-order chi connectivity index (χ1) is 14.4. The third-order valence-electron chi connectivity index (χ3n) is 5.87. The number of nitrogens with zero attached hydrogens (tertiary/aromatic N) is 2. The van der Waals surface area contributed by atoms with E-state index in [1.165, 1.54) is 7.11 Å². The predicted molar refractivity (Wildman–Crippen MR) is 113 cm³/mol. The molecule has 1 unspecified atom stereocenters. The average molecular weight is 427 g/mol. The van der Waals surface area contributed by atoms with Crippen LogP contribution in [-0.2, 0) is 9.59 Å². The number of carbonyl (C=O) groups is 2. The maximum Gasteiger partial charge on any atom is 0.295 e. The van der Waals surface area contributed by atoms with E-state index in [9.17, 15) is 14.7 Å². The van der Waals surface area contributed by atoms with Crippen molar-refractivity contribution in [1.82, 2.24) is 9.88 Å². The number of aryl methyl sites for hydroxylation is 1. The summed E-state index contributed by atoms with van der Waals surface area (Å²) in [6.07, 6.45) is 6.95. The number of carbonyl (C=O) groups excluding carboxylic acids is 2. The summed E-state index contributed by atoms with van der Waals surface area (Å²) in [5, 5.41) is 11.6. The van der Waals surface area contributed by atoms with Crippen molar-refractivity contribution in [3.05, 3.63) is 63.9 Å². The van der Waals surface area contributed by atoms with E-state index in [1.54, 1.807) is 41.6 Å². The lowest BCUT2D eigenvalue weighted by Crippen LogP contribution is -2.37. The Balaban J connectivity index is 1.95. The third kappa shape index (κ3) is 3.35. The van der Waals surface area contributed by atoms with E-state index in [0.717, 1.165) is 36.8 Å². The first kappa shape index (κ1) is 20.4. The number of ether oxygens (including phenoxy) is 1. The molecule has 0 bridgehead atoms. The molecule has 2 aliphatic rings. The van der Waals surface area contributed by atoms with Crippen molar-refractivity contribution in [2.45, 2.75) is 44.7 Å². The number of amides is 1. The van der Waals surface area contributed by atoms with Crippen LogP contribution < -0.4 is 4.74 Å². The number of benzene rings is 1. The Morgan fingerprint density at radius 2 is 1.87 bits per heavy atom. The van der Waals surface area contributed by atoms with Crippen LogP contribution in [0.3, 0.4) is 0 Å². The Morgan fingerprint density at radius 3 is 2.50 bits per heavy atom. The number of Topliss-reactive ketones (excluding diaryl/α,β-unsaturated/α-hetero) is 1. The quantitative estimate of drug-likeness (QED) is 0.445. The number of ketones is 1. The monoisotopic (exact) mass is 426 g/mol. The van der Waals surface area contributed by atoms with Gasteiger partial charge in [-0.15, -0.1) is 0 Å². The van der Waals surface area contributed by atoms with Crippen molar-refractivity contribution in [2.24, 2.45) is 0 Å².